The van der Waals surface area contributed by atoms with E-state index < -0.39 is 33.0 Å². The molecule has 186 valence electrons. The third-order valence-electron chi connectivity index (χ3n) is 7.29. The summed E-state index contributed by atoms with van der Waals surface area (Å²) in [7, 11) is -1.93. The fourth-order valence-electron chi connectivity index (χ4n) is 5.40. The van der Waals surface area contributed by atoms with Crippen molar-refractivity contribution in [1.82, 2.24) is 18.8 Å². The van der Waals surface area contributed by atoms with Crippen LogP contribution >= 0.6 is 0 Å². The molecular formula is C24H32F2N4O3S. The van der Waals surface area contributed by atoms with Gasteiger partial charge in [0.15, 0.2) is 10.8 Å². The molecule has 7 nitrogen and oxygen atoms in total. The topological polar surface area (TPSA) is 75.5 Å². The van der Waals surface area contributed by atoms with Crippen LogP contribution in [0.4, 0.5) is 8.78 Å². The van der Waals surface area contributed by atoms with Gasteiger partial charge in [-0.15, -0.1) is 0 Å². The van der Waals surface area contributed by atoms with E-state index in [1.807, 2.05) is 0 Å². The molecule has 1 aromatic heterocycles. The summed E-state index contributed by atoms with van der Waals surface area (Å²) in [5, 5.41) is 0.0464. The molecule has 0 unspecified atom stereocenters. The Hall–Kier alpha value is -2.17. The molecule has 0 bridgehead atoms. The van der Waals surface area contributed by atoms with E-state index in [9.17, 15) is 22.0 Å². The molecule has 1 saturated carbocycles. The minimum Gasteiger partial charge on any atom is -0.339 e. The second-order valence-electron chi connectivity index (χ2n) is 9.43. The molecule has 0 N–H and O–H groups in total. The van der Waals surface area contributed by atoms with Crippen LogP contribution in [0, 0.1) is 11.6 Å². The molecule has 1 aromatic carbocycles. The monoisotopic (exact) mass is 494 g/mol. The van der Waals surface area contributed by atoms with Crippen molar-refractivity contribution in [2.24, 2.45) is 7.05 Å². The number of imidazole rings is 1. The summed E-state index contributed by atoms with van der Waals surface area (Å²) < 4.78 is 57.3. The molecule has 0 amide bonds. The van der Waals surface area contributed by atoms with Crippen LogP contribution in [0.5, 0.6) is 0 Å². The molecule has 0 atom stereocenters. The van der Waals surface area contributed by atoms with Crippen LogP contribution in [0.15, 0.2) is 35.7 Å². The minimum absolute atomic E-state index is 0.0464. The van der Waals surface area contributed by atoms with E-state index in [1.165, 1.54) is 22.9 Å². The molecule has 1 aliphatic carbocycles. The average molecular weight is 495 g/mol. The van der Waals surface area contributed by atoms with Crippen molar-refractivity contribution >= 4 is 15.8 Å². The highest BCUT2D eigenvalue weighted by atomic mass is 32.2. The zero-order chi connectivity index (χ0) is 24.3. The maximum atomic E-state index is 14.1. The molecule has 4 rings (SSSR count). The second-order valence-corrected chi connectivity index (χ2v) is 11.3. The molecule has 1 aliphatic heterocycles. The lowest BCUT2D eigenvalue weighted by molar-refractivity contribution is 0.0319. The maximum Gasteiger partial charge on any atom is 0.262 e. The standard InChI is InChI=1S/C24H32F2N4O3S/c1-28-17-22(27-18-28)34(32,33)30-15-13-29(14-16-30)24(10-4-2-3-5-11-24)12-9-21(31)23-19(25)7-6-8-20(23)26/h6-8,17-18H,2-5,9-16H2,1H3. The summed E-state index contributed by atoms with van der Waals surface area (Å²) in [5.74, 6) is -2.17. The van der Waals surface area contributed by atoms with E-state index in [4.69, 9.17) is 0 Å². The number of sulfonamides is 1. The van der Waals surface area contributed by atoms with Gasteiger partial charge in [-0.05, 0) is 31.4 Å². The fourth-order valence-corrected chi connectivity index (χ4v) is 6.79. The number of aryl methyl sites for hydroxylation is 1. The fraction of sp³-hybridized carbons (Fsp3) is 0.583. The van der Waals surface area contributed by atoms with Crippen molar-refractivity contribution in [3.63, 3.8) is 0 Å². The van der Waals surface area contributed by atoms with Crippen molar-refractivity contribution in [2.45, 2.75) is 61.9 Å². The van der Waals surface area contributed by atoms with Crippen molar-refractivity contribution < 1.29 is 22.0 Å². The first-order chi connectivity index (χ1) is 16.2. The van der Waals surface area contributed by atoms with Gasteiger partial charge in [-0.3, -0.25) is 9.69 Å². The van der Waals surface area contributed by atoms with E-state index in [0.717, 1.165) is 50.7 Å². The molecule has 2 aliphatic rings. The SMILES string of the molecule is Cn1cnc(S(=O)(=O)N2CCN(C3(CCC(=O)c4c(F)cccc4F)CCCCCC3)CC2)c1. The average Bonchev–Trinajstić information content (AvgIpc) is 3.12. The van der Waals surface area contributed by atoms with Crippen LogP contribution in [0.25, 0.3) is 0 Å². The number of piperazine rings is 1. The van der Waals surface area contributed by atoms with Gasteiger partial charge in [-0.2, -0.15) is 4.31 Å². The molecule has 0 spiro atoms. The summed E-state index contributed by atoms with van der Waals surface area (Å²) in [5.41, 5.74) is -0.730. The number of carbonyl (C=O) groups is 1. The van der Waals surface area contributed by atoms with Crippen LogP contribution in [-0.4, -0.2) is 64.7 Å². The first-order valence-electron chi connectivity index (χ1n) is 11.9. The van der Waals surface area contributed by atoms with Gasteiger partial charge in [0.05, 0.1) is 11.9 Å². The lowest BCUT2D eigenvalue weighted by atomic mass is 9.82. The summed E-state index contributed by atoms with van der Waals surface area (Å²) in [6, 6.07) is 3.48. The minimum atomic E-state index is -3.66. The Kier molecular flexibility index (Phi) is 7.49. The van der Waals surface area contributed by atoms with Crippen molar-refractivity contribution in [3.8, 4) is 0 Å². The molecule has 2 aromatic rings. The molecule has 1 saturated heterocycles. The molecule has 0 radical (unpaired) electrons. The number of aromatic nitrogens is 2. The maximum absolute atomic E-state index is 14.1. The first-order valence-corrected chi connectivity index (χ1v) is 13.4. The van der Waals surface area contributed by atoms with E-state index in [2.05, 4.69) is 9.88 Å². The third kappa shape index (κ3) is 5.08. The van der Waals surface area contributed by atoms with Gasteiger partial charge in [0.25, 0.3) is 10.0 Å². The van der Waals surface area contributed by atoms with Crippen molar-refractivity contribution in [2.75, 3.05) is 26.2 Å². The lowest BCUT2D eigenvalue weighted by Gasteiger charge is -2.47. The Balaban J connectivity index is 1.48. The summed E-state index contributed by atoms with van der Waals surface area (Å²) >= 11 is 0. The highest BCUT2D eigenvalue weighted by Gasteiger charge is 2.41. The zero-order valence-electron chi connectivity index (χ0n) is 19.5. The van der Waals surface area contributed by atoms with E-state index >= 15 is 0 Å². The predicted octanol–water partition coefficient (Wildman–Crippen LogP) is 3.76. The van der Waals surface area contributed by atoms with Crippen LogP contribution in [-0.2, 0) is 17.1 Å². The van der Waals surface area contributed by atoms with Gasteiger partial charge in [0.2, 0.25) is 0 Å². The number of Topliss-reactive ketones (excluding diaryl/α,β-unsaturated/α-hetero) is 1. The van der Waals surface area contributed by atoms with E-state index in [0.29, 0.717) is 32.6 Å². The quantitative estimate of drug-likeness (QED) is 0.433. The Morgan fingerprint density at radius 2 is 1.65 bits per heavy atom. The normalized spacial score (nSPS) is 20.2. The molecule has 10 heteroatoms. The number of hydrogen-bond acceptors (Lipinski definition) is 5. The number of nitrogens with zero attached hydrogens (tertiary/aromatic N) is 4. The van der Waals surface area contributed by atoms with E-state index in [1.54, 1.807) is 11.6 Å². The number of ketones is 1. The van der Waals surface area contributed by atoms with Gasteiger partial charge in [-0.25, -0.2) is 22.2 Å². The lowest BCUT2D eigenvalue weighted by Crippen LogP contribution is -2.58. The van der Waals surface area contributed by atoms with Gasteiger partial charge < -0.3 is 4.57 Å². The number of halogens is 2. The van der Waals surface area contributed by atoms with Crippen LogP contribution in [0.3, 0.4) is 0 Å². The second kappa shape index (κ2) is 10.2. The van der Waals surface area contributed by atoms with Crippen molar-refractivity contribution in [1.29, 1.82) is 0 Å². The summed E-state index contributed by atoms with van der Waals surface area (Å²) in [4.78, 5) is 19.1. The Morgan fingerprint density at radius 3 is 2.21 bits per heavy atom. The summed E-state index contributed by atoms with van der Waals surface area (Å²) in [6.45, 7) is 1.79. The number of carbonyl (C=O) groups excluding carboxylic acids is 1. The van der Waals surface area contributed by atoms with Crippen LogP contribution in [0.1, 0.15) is 61.7 Å². The predicted molar refractivity (Wildman–Crippen MR) is 124 cm³/mol. The molecule has 2 fully saturated rings. The number of rotatable bonds is 7. The van der Waals surface area contributed by atoms with Crippen LogP contribution in [0.2, 0.25) is 0 Å². The number of hydrogen-bond donors (Lipinski definition) is 0. The third-order valence-corrected chi connectivity index (χ3v) is 9.07. The van der Waals surface area contributed by atoms with E-state index in [-0.39, 0.29) is 17.0 Å². The Bertz CT molecular complexity index is 1100. The highest BCUT2D eigenvalue weighted by Crippen LogP contribution is 2.38. The van der Waals surface area contributed by atoms with Gasteiger partial charge in [0.1, 0.15) is 11.6 Å². The smallest absolute Gasteiger partial charge is 0.262 e. The Morgan fingerprint density at radius 1 is 1.03 bits per heavy atom. The Labute approximate surface area is 199 Å². The molecule has 34 heavy (non-hydrogen) atoms. The van der Waals surface area contributed by atoms with Crippen LogP contribution < -0.4 is 0 Å². The molecule has 2 heterocycles. The van der Waals surface area contributed by atoms with Gasteiger partial charge in [0, 0.05) is 51.4 Å². The largest absolute Gasteiger partial charge is 0.339 e. The van der Waals surface area contributed by atoms with Gasteiger partial charge in [-0.1, -0.05) is 31.7 Å². The summed E-state index contributed by atoms with van der Waals surface area (Å²) in [6.07, 6.45) is 9.61. The molecular weight excluding hydrogens is 462 g/mol. The first kappa shape index (κ1) is 24.9. The zero-order valence-corrected chi connectivity index (χ0v) is 20.4. The van der Waals surface area contributed by atoms with Crippen molar-refractivity contribution in [3.05, 3.63) is 47.9 Å². The highest BCUT2D eigenvalue weighted by molar-refractivity contribution is 7.89. The number of benzene rings is 1. The van der Waals surface area contributed by atoms with Gasteiger partial charge >= 0.3 is 0 Å².